The zero-order valence-electron chi connectivity index (χ0n) is 12.7. The van der Waals surface area contributed by atoms with Crippen LogP contribution in [0.25, 0.3) is 0 Å². The van der Waals surface area contributed by atoms with Gasteiger partial charge in [0.25, 0.3) is 0 Å². The van der Waals surface area contributed by atoms with E-state index >= 15 is 0 Å². The number of rotatable bonds is 4. The number of hydrogen-bond acceptors (Lipinski definition) is 3. The summed E-state index contributed by atoms with van der Waals surface area (Å²) in [5.74, 6) is 0. The van der Waals surface area contributed by atoms with Gasteiger partial charge in [-0.25, -0.2) is 0 Å². The number of nitrogens with one attached hydrogen (secondary N) is 1. The molecular formula is C14H22ClN5. The molecule has 0 bridgehead atoms. The Morgan fingerprint density at radius 1 is 1.35 bits per heavy atom. The average molecular weight is 296 g/mol. The molecular weight excluding hydrogens is 274 g/mol. The predicted molar refractivity (Wildman–Crippen MR) is 80.9 cm³/mol. The first-order valence-corrected chi connectivity index (χ1v) is 7.09. The van der Waals surface area contributed by atoms with Crippen LogP contribution in [0.4, 0.5) is 0 Å². The quantitative estimate of drug-likeness (QED) is 0.943. The summed E-state index contributed by atoms with van der Waals surface area (Å²) >= 11 is 6.28. The molecule has 0 aromatic carbocycles. The van der Waals surface area contributed by atoms with Crippen molar-refractivity contribution in [2.45, 2.75) is 46.3 Å². The highest BCUT2D eigenvalue weighted by Gasteiger charge is 2.15. The molecule has 1 N–H and O–H groups in total. The first-order chi connectivity index (χ1) is 9.28. The summed E-state index contributed by atoms with van der Waals surface area (Å²) in [7, 11) is 1.85. The molecule has 6 heteroatoms. The van der Waals surface area contributed by atoms with Gasteiger partial charge in [-0.2, -0.15) is 10.2 Å². The fourth-order valence-electron chi connectivity index (χ4n) is 2.01. The lowest BCUT2D eigenvalue weighted by molar-refractivity contribution is 0.414. The third kappa shape index (κ3) is 3.41. The second kappa shape index (κ2) is 5.58. The highest BCUT2D eigenvalue weighted by Crippen LogP contribution is 2.20. The van der Waals surface area contributed by atoms with Crippen LogP contribution in [0.3, 0.4) is 0 Å². The molecule has 0 saturated carbocycles. The Balaban J connectivity index is 2.16. The zero-order chi connectivity index (χ0) is 14.9. The fraction of sp³-hybridized carbons (Fsp3) is 0.571. The summed E-state index contributed by atoms with van der Waals surface area (Å²) in [6.45, 7) is 9.84. The summed E-state index contributed by atoms with van der Waals surface area (Å²) in [4.78, 5) is 0. The zero-order valence-corrected chi connectivity index (χ0v) is 13.5. The van der Waals surface area contributed by atoms with Crippen molar-refractivity contribution in [2.24, 2.45) is 7.05 Å². The Bertz CT molecular complexity index is 591. The summed E-state index contributed by atoms with van der Waals surface area (Å²) in [6, 6.07) is 2.03. The van der Waals surface area contributed by atoms with E-state index in [4.69, 9.17) is 11.6 Å². The van der Waals surface area contributed by atoms with Crippen molar-refractivity contribution < 1.29 is 0 Å². The molecule has 0 saturated heterocycles. The Kier molecular flexibility index (Phi) is 4.20. The van der Waals surface area contributed by atoms with E-state index in [0.29, 0.717) is 11.7 Å². The van der Waals surface area contributed by atoms with Crippen LogP contribution in [0.2, 0.25) is 5.15 Å². The van der Waals surface area contributed by atoms with Gasteiger partial charge in [-0.1, -0.05) is 11.6 Å². The molecule has 0 aliphatic heterocycles. The first kappa shape index (κ1) is 15.1. The van der Waals surface area contributed by atoms with Crippen LogP contribution in [-0.4, -0.2) is 25.1 Å². The highest BCUT2D eigenvalue weighted by molar-refractivity contribution is 6.30. The van der Waals surface area contributed by atoms with Gasteiger partial charge in [0.05, 0.1) is 17.9 Å². The maximum atomic E-state index is 6.28. The van der Waals surface area contributed by atoms with E-state index in [-0.39, 0.29) is 5.54 Å². The molecule has 0 unspecified atom stereocenters. The first-order valence-electron chi connectivity index (χ1n) is 6.71. The predicted octanol–water partition coefficient (Wildman–Crippen LogP) is 2.51. The largest absolute Gasteiger partial charge is 0.306 e. The Hall–Kier alpha value is -1.33. The lowest BCUT2D eigenvalue weighted by Crippen LogP contribution is -2.35. The van der Waals surface area contributed by atoms with Crippen molar-refractivity contribution in [3.8, 4) is 0 Å². The maximum absolute atomic E-state index is 6.28. The number of aromatic nitrogens is 4. The van der Waals surface area contributed by atoms with E-state index < -0.39 is 0 Å². The minimum atomic E-state index is 0.0803. The van der Waals surface area contributed by atoms with Gasteiger partial charge in [0.2, 0.25) is 0 Å². The van der Waals surface area contributed by atoms with E-state index in [1.807, 2.05) is 30.9 Å². The SMILES string of the molecule is Cc1nn(C)c(Cl)c1Cn1nccc1CNC(C)(C)C. The van der Waals surface area contributed by atoms with E-state index in [2.05, 4.69) is 36.3 Å². The smallest absolute Gasteiger partial charge is 0.132 e. The molecule has 2 aromatic rings. The third-order valence-corrected chi connectivity index (χ3v) is 3.65. The van der Waals surface area contributed by atoms with E-state index in [1.54, 1.807) is 4.68 Å². The molecule has 0 amide bonds. The Labute approximate surface area is 124 Å². The molecule has 2 heterocycles. The fourth-order valence-corrected chi connectivity index (χ4v) is 2.25. The summed E-state index contributed by atoms with van der Waals surface area (Å²) < 4.78 is 3.66. The summed E-state index contributed by atoms with van der Waals surface area (Å²) in [5.41, 5.74) is 3.19. The standard InChI is InChI=1S/C14H22ClN5/c1-10-12(13(15)19(5)18-10)9-20-11(6-7-17-20)8-16-14(2,3)4/h6-7,16H,8-9H2,1-5H3. The molecule has 0 radical (unpaired) electrons. The summed E-state index contributed by atoms with van der Waals surface area (Å²) in [6.07, 6.45) is 1.82. The Morgan fingerprint density at radius 2 is 2.05 bits per heavy atom. The number of aryl methyl sites for hydroxylation is 2. The third-order valence-electron chi connectivity index (χ3n) is 3.18. The lowest BCUT2D eigenvalue weighted by Gasteiger charge is -2.20. The van der Waals surface area contributed by atoms with Crippen molar-refractivity contribution in [2.75, 3.05) is 0 Å². The molecule has 110 valence electrons. The molecule has 2 aromatic heterocycles. The number of nitrogens with zero attached hydrogens (tertiary/aromatic N) is 4. The molecule has 0 fully saturated rings. The van der Waals surface area contributed by atoms with Crippen LogP contribution in [0.1, 0.15) is 37.7 Å². The van der Waals surface area contributed by atoms with Gasteiger partial charge < -0.3 is 5.32 Å². The van der Waals surface area contributed by atoms with Crippen LogP contribution in [0.15, 0.2) is 12.3 Å². The molecule has 0 spiro atoms. The van der Waals surface area contributed by atoms with Gasteiger partial charge >= 0.3 is 0 Å². The van der Waals surface area contributed by atoms with Gasteiger partial charge in [0, 0.05) is 30.9 Å². The van der Waals surface area contributed by atoms with Gasteiger partial charge in [-0.15, -0.1) is 0 Å². The van der Waals surface area contributed by atoms with Crippen LogP contribution in [0.5, 0.6) is 0 Å². The monoisotopic (exact) mass is 295 g/mol. The minimum absolute atomic E-state index is 0.0803. The second-order valence-corrected chi connectivity index (χ2v) is 6.42. The van der Waals surface area contributed by atoms with Crippen LogP contribution in [0, 0.1) is 6.92 Å². The van der Waals surface area contributed by atoms with E-state index in [9.17, 15) is 0 Å². The molecule has 0 aliphatic carbocycles. The van der Waals surface area contributed by atoms with Gasteiger partial charge in [-0.05, 0) is 33.8 Å². The van der Waals surface area contributed by atoms with Crippen molar-refractivity contribution in [1.29, 1.82) is 0 Å². The lowest BCUT2D eigenvalue weighted by atomic mass is 10.1. The van der Waals surface area contributed by atoms with Crippen molar-refractivity contribution >= 4 is 11.6 Å². The normalized spacial score (nSPS) is 12.1. The molecule has 5 nitrogen and oxygen atoms in total. The van der Waals surface area contributed by atoms with Crippen molar-refractivity contribution in [3.63, 3.8) is 0 Å². The van der Waals surface area contributed by atoms with E-state index in [1.165, 1.54) is 0 Å². The van der Waals surface area contributed by atoms with Crippen LogP contribution >= 0.6 is 11.6 Å². The van der Waals surface area contributed by atoms with Crippen molar-refractivity contribution in [1.82, 2.24) is 24.9 Å². The highest BCUT2D eigenvalue weighted by atomic mass is 35.5. The second-order valence-electron chi connectivity index (χ2n) is 6.06. The molecule has 20 heavy (non-hydrogen) atoms. The number of hydrogen-bond donors (Lipinski definition) is 1. The van der Waals surface area contributed by atoms with Gasteiger partial charge in [0.1, 0.15) is 5.15 Å². The number of halogens is 1. The van der Waals surface area contributed by atoms with E-state index in [0.717, 1.165) is 23.5 Å². The average Bonchev–Trinajstić information content (AvgIpc) is 2.87. The van der Waals surface area contributed by atoms with Crippen LogP contribution in [-0.2, 0) is 20.1 Å². The summed E-state index contributed by atoms with van der Waals surface area (Å²) in [5, 5.41) is 12.9. The maximum Gasteiger partial charge on any atom is 0.132 e. The van der Waals surface area contributed by atoms with Crippen molar-refractivity contribution in [3.05, 3.63) is 34.4 Å². The Morgan fingerprint density at radius 3 is 2.60 bits per heavy atom. The molecule has 0 atom stereocenters. The minimum Gasteiger partial charge on any atom is -0.306 e. The van der Waals surface area contributed by atoms with Gasteiger partial charge in [0.15, 0.2) is 0 Å². The topological polar surface area (TPSA) is 47.7 Å². The molecule has 2 rings (SSSR count). The van der Waals surface area contributed by atoms with Gasteiger partial charge in [-0.3, -0.25) is 9.36 Å². The van der Waals surface area contributed by atoms with Crippen LogP contribution < -0.4 is 5.32 Å². The molecule has 0 aliphatic rings.